The highest BCUT2D eigenvalue weighted by molar-refractivity contribution is 5.87. The monoisotopic (exact) mass is 296 g/mol. The van der Waals surface area contributed by atoms with Crippen molar-refractivity contribution in [3.8, 4) is 0 Å². The van der Waals surface area contributed by atoms with E-state index in [0.717, 1.165) is 25.7 Å². The summed E-state index contributed by atoms with van der Waals surface area (Å²) in [4.78, 5) is 12.6. The van der Waals surface area contributed by atoms with Crippen LogP contribution in [0.1, 0.15) is 72.6 Å². The Morgan fingerprint density at radius 2 is 1.57 bits per heavy atom. The lowest BCUT2D eigenvalue weighted by Crippen LogP contribution is -2.67. The zero-order valence-electron chi connectivity index (χ0n) is 13.7. The van der Waals surface area contributed by atoms with E-state index in [0.29, 0.717) is 12.8 Å². The fourth-order valence-electron chi connectivity index (χ4n) is 4.81. The molecule has 0 bridgehead atoms. The summed E-state index contributed by atoms with van der Waals surface area (Å²) in [5.41, 5.74) is -2.13. The molecule has 1 aliphatic carbocycles. The minimum absolute atomic E-state index is 0.0557. The van der Waals surface area contributed by atoms with Crippen molar-refractivity contribution in [2.45, 2.75) is 95.0 Å². The summed E-state index contributed by atoms with van der Waals surface area (Å²) in [6, 6.07) is 0. The Morgan fingerprint density at radius 1 is 1.05 bits per heavy atom. The first-order chi connectivity index (χ1) is 9.61. The van der Waals surface area contributed by atoms with Crippen molar-refractivity contribution in [3.05, 3.63) is 0 Å². The van der Waals surface area contributed by atoms with E-state index in [2.05, 4.69) is 5.32 Å². The molecule has 2 saturated heterocycles. The van der Waals surface area contributed by atoms with Crippen LogP contribution in [0.5, 0.6) is 0 Å². The molecule has 21 heavy (non-hydrogen) atoms. The van der Waals surface area contributed by atoms with Crippen LogP contribution in [0.3, 0.4) is 0 Å². The third-order valence-electron chi connectivity index (χ3n) is 5.39. The van der Waals surface area contributed by atoms with E-state index in [1.165, 1.54) is 11.5 Å². The van der Waals surface area contributed by atoms with Gasteiger partial charge in [-0.2, -0.15) is 5.06 Å². The third-order valence-corrected chi connectivity index (χ3v) is 5.39. The Bertz CT molecular complexity index is 434. The van der Waals surface area contributed by atoms with Gasteiger partial charge < -0.3 is 15.3 Å². The lowest BCUT2D eigenvalue weighted by atomic mass is 9.76. The van der Waals surface area contributed by atoms with Gasteiger partial charge in [0, 0.05) is 23.9 Å². The number of nitrogens with zero attached hydrogens (tertiary/aromatic N) is 1. The number of hydrogen-bond acceptors (Lipinski definition) is 4. The van der Waals surface area contributed by atoms with Crippen molar-refractivity contribution in [1.29, 1.82) is 0 Å². The predicted octanol–water partition coefficient (Wildman–Crippen LogP) is 2.57. The Balaban J connectivity index is 1.90. The molecule has 5 nitrogen and oxygen atoms in total. The molecule has 120 valence electrons. The van der Waals surface area contributed by atoms with Crippen molar-refractivity contribution in [3.63, 3.8) is 0 Å². The van der Waals surface area contributed by atoms with Crippen LogP contribution in [0, 0.1) is 0 Å². The molecule has 2 aliphatic heterocycles. The van der Waals surface area contributed by atoms with E-state index in [1.807, 2.05) is 27.7 Å². The standard InChI is InChI=1S/C16H28N2O3/c1-13(2)10-16(11-14(3,4)18(13)20)17-12(19)15(21-16)8-6-5-7-9-15/h20H,5-11H2,1-4H3,(H,17,19). The van der Waals surface area contributed by atoms with Crippen molar-refractivity contribution in [2.75, 3.05) is 0 Å². The molecule has 0 aromatic carbocycles. The smallest absolute Gasteiger partial charge is 0.254 e. The summed E-state index contributed by atoms with van der Waals surface area (Å²) >= 11 is 0. The van der Waals surface area contributed by atoms with Gasteiger partial charge in [-0.3, -0.25) is 4.79 Å². The normalized spacial score (nSPS) is 33.3. The Morgan fingerprint density at radius 3 is 2.10 bits per heavy atom. The van der Waals surface area contributed by atoms with Gasteiger partial charge >= 0.3 is 0 Å². The first kappa shape index (κ1) is 15.3. The first-order valence-electron chi connectivity index (χ1n) is 8.13. The quantitative estimate of drug-likeness (QED) is 0.721. The minimum atomic E-state index is -0.638. The van der Waals surface area contributed by atoms with Gasteiger partial charge in [-0.05, 0) is 40.5 Å². The van der Waals surface area contributed by atoms with E-state index in [9.17, 15) is 10.0 Å². The highest BCUT2D eigenvalue weighted by Crippen LogP contribution is 2.49. The molecule has 1 saturated carbocycles. The van der Waals surface area contributed by atoms with E-state index in [4.69, 9.17) is 4.74 Å². The van der Waals surface area contributed by atoms with Crippen molar-refractivity contribution in [2.24, 2.45) is 0 Å². The molecule has 3 fully saturated rings. The van der Waals surface area contributed by atoms with Crippen molar-refractivity contribution >= 4 is 5.91 Å². The Kier molecular flexibility index (Phi) is 3.22. The SMILES string of the molecule is CC1(C)CC2(CC(C)(C)N1O)NC(=O)C1(CCCCC1)O2. The molecule has 5 heteroatoms. The maximum Gasteiger partial charge on any atom is 0.254 e. The van der Waals surface area contributed by atoms with Gasteiger partial charge in [-0.25, -0.2) is 0 Å². The third kappa shape index (κ3) is 2.30. The summed E-state index contributed by atoms with van der Waals surface area (Å²) in [5.74, 6) is 0.0557. The molecular formula is C16H28N2O3. The van der Waals surface area contributed by atoms with Gasteiger partial charge in [0.25, 0.3) is 5.91 Å². The lowest BCUT2D eigenvalue weighted by Gasteiger charge is -2.55. The van der Waals surface area contributed by atoms with Crippen LogP contribution in [0.4, 0.5) is 0 Å². The molecule has 1 amide bonds. The summed E-state index contributed by atoms with van der Waals surface area (Å²) in [5, 5.41) is 15.0. The van der Waals surface area contributed by atoms with E-state index >= 15 is 0 Å². The number of carbonyl (C=O) groups is 1. The molecule has 2 spiro atoms. The van der Waals surface area contributed by atoms with Crippen molar-refractivity contribution < 1.29 is 14.7 Å². The number of rotatable bonds is 0. The van der Waals surface area contributed by atoms with E-state index < -0.39 is 22.4 Å². The lowest BCUT2D eigenvalue weighted by molar-refractivity contribution is -0.289. The number of nitrogens with one attached hydrogen (secondary N) is 1. The molecular weight excluding hydrogens is 268 g/mol. The van der Waals surface area contributed by atoms with Crippen LogP contribution in [0.25, 0.3) is 0 Å². The summed E-state index contributed by atoms with van der Waals surface area (Å²) < 4.78 is 6.45. The topological polar surface area (TPSA) is 61.8 Å². The second-order valence-corrected chi connectivity index (χ2v) is 8.40. The van der Waals surface area contributed by atoms with Gasteiger partial charge in [0.05, 0.1) is 0 Å². The molecule has 0 unspecified atom stereocenters. The number of carbonyl (C=O) groups excluding carboxylic acids is 1. The van der Waals surface area contributed by atoms with Crippen LogP contribution in [-0.2, 0) is 9.53 Å². The summed E-state index contributed by atoms with van der Waals surface area (Å²) in [6.07, 6.45) is 6.16. The summed E-state index contributed by atoms with van der Waals surface area (Å²) in [7, 11) is 0. The maximum absolute atomic E-state index is 12.6. The number of amides is 1. The number of hydroxylamine groups is 2. The number of hydrogen-bond donors (Lipinski definition) is 2. The average Bonchev–Trinajstić information content (AvgIpc) is 2.58. The largest absolute Gasteiger partial charge is 0.339 e. The van der Waals surface area contributed by atoms with Gasteiger partial charge in [0.1, 0.15) is 11.3 Å². The molecule has 0 aromatic rings. The van der Waals surface area contributed by atoms with Crippen LogP contribution >= 0.6 is 0 Å². The molecule has 0 radical (unpaired) electrons. The molecule has 2 heterocycles. The molecule has 2 N–H and O–H groups in total. The highest BCUT2D eigenvalue weighted by atomic mass is 16.6. The molecule has 0 atom stereocenters. The van der Waals surface area contributed by atoms with Gasteiger partial charge in [-0.15, -0.1) is 0 Å². The average molecular weight is 296 g/mol. The van der Waals surface area contributed by atoms with Crippen LogP contribution < -0.4 is 5.32 Å². The Hall–Kier alpha value is -0.650. The maximum atomic E-state index is 12.6. The predicted molar refractivity (Wildman–Crippen MR) is 78.8 cm³/mol. The van der Waals surface area contributed by atoms with E-state index in [-0.39, 0.29) is 5.91 Å². The second-order valence-electron chi connectivity index (χ2n) is 8.40. The number of ether oxygens (including phenoxy) is 1. The zero-order valence-corrected chi connectivity index (χ0v) is 13.7. The van der Waals surface area contributed by atoms with Gasteiger partial charge in [-0.1, -0.05) is 19.3 Å². The summed E-state index contributed by atoms with van der Waals surface area (Å²) in [6.45, 7) is 7.99. The van der Waals surface area contributed by atoms with Gasteiger partial charge in [0.2, 0.25) is 0 Å². The van der Waals surface area contributed by atoms with Crippen LogP contribution in [0.2, 0.25) is 0 Å². The number of piperidine rings is 1. The van der Waals surface area contributed by atoms with E-state index in [1.54, 1.807) is 0 Å². The van der Waals surface area contributed by atoms with Crippen molar-refractivity contribution in [1.82, 2.24) is 10.4 Å². The fourth-order valence-corrected chi connectivity index (χ4v) is 4.81. The minimum Gasteiger partial charge on any atom is -0.339 e. The first-order valence-corrected chi connectivity index (χ1v) is 8.13. The molecule has 0 aromatic heterocycles. The molecule has 3 aliphatic rings. The Labute approximate surface area is 127 Å². The van der Waals surface area contributed by atoms with Gasteiger partial charge in [0.15, 0.2) is 0 Å². The van der Waals surface area contributed by atoms with Crippen LogP contribution in [-0.4, -0.2) is 38.6 Å². The second kappa shape index (κ2) is 4.43. The zero-order chi connectivity index (χ0) is 15.5. The fraction of sp³-hybridized carbons (Fsp3) is 0.938. The van der Waals surface area contributed by atoms with Crippen LogP contribution in [0.15, 0.2) is 0 Å². The highest BCUT2D eigenvalue weighted by Gasteiger charge is 2.62. The molecule has 3 rings (SSSR count).